The maximum absolute atomic E-state index is 12.6. The maximum Gasteiger partial charge on any atom is 0.241 e. The normalized spacial score (nSPS) is 20.4. The summed E-state index contributed by atoms with van der Waals surface area (Å²) < 4.78 is 38.7. The van der Waals surface area contributed by atoms with Crippen molar-refractivity contribution in [3.63, 3.8) is 0 Å². The van der Waals surface area contributed by atoms with E-state index in [9.17, 15) is 13.2 Å². The Morgan fingerprint density at radius 3 is 2.71 bits per heavy atom. The first-order valence-electron chi connectivity index (χ1n) is 9.36. The second-order valence-electron chi connectivity index (χ2n) is 6.96. The first-order valence-corrected chi connectivity index (χ1v) is 10.8. The van der Waals surface area contributed by atoms with Gasteiger partial charge in [0.1, 0.15) is 0 Å². The summed E-state index contributed by atoms with van der Waals surface area (Å²) in [6.45, 7) is 4.97. The fraction of sp³-hybridized carbons (Fsp3) is 0.611. The van der Waals surface area contributed by atoms with E-state index in [1.165, 1.54) is 19.1 Å². The molecule has 1 aromatic carbocycles. The van der Waals surface area contributed by atoms with E-state index >= 15 is 0 Å². The summed E-state index contributed by atoms with van der Waals surface area (Å²) in [6.07, 6.45) is 2.89. The minimum atomic E-state index is -3.85. The van der Waals surface area contributed by atoms with Crippen molar-refractivity contribution in [1.82, 2.24) is 15.4 Å². The molecule has 1 fully saturated rings. The van der Waals surface area contributed by atoms with Crippen molar-refractivity contribution in [2.24, 2.45) is 5.92 Å². The van der Waals surface area contributed by atoms with Gasteiger partial charge in [-0.3, -0.25) is 4.79 Å². The molecule has 0 aliphatic carbocycles. The molecule has 2 aliphatic heterocycles. The molecule has 0 aromatic heterocycles. The summed E-state index contributed by atoms with van der Waals surface area (Å²) in [5.41, 5.74) is 0. The third-order valence-corrected chi connectivity index (χ3v) is 6.26. The molecule has 0 spiro atoms. The van der Waals surface area contributed by atoms with Crippen molar-refractivity contribution in [2.75, 3.05) is 32.8 Å². The van der Waals surface area contributed by atoms with Gasteiger partial charge < -0.3 is 20.1 Å². The molecule has 0 radical (unpaired) electrons. The van der Waals surface area contributed by atoms with Crippen LogP contribution in [0.2, 0.25) is 0 Å². The summed E-state index contributed by atoms with van der Waals surface area (Å²) in [5.74, 6) is 0.974. The number of benzene rings is 1. The van der Waals surface area contributed by atoms with Crippen molar-refractivity contribution in [1.29, 1.82) is 0 Å². The molecule has 10 heteroatoms. The van der Waals surface area contributed by atoms with Crippen molar-refractivity contribution in [2.45, 2.75) is 37.1 Å². The Balaban J connectivity index is 0.00000280. The standard InChI is InChI=1S/C18H27N3O5S.ClH/c1-13(18(22)20-12-14-4-2-7-19-11-14)21-27(23,24)15-5-6-16-17(10-15)26-9-3-8-25-16;/h5-6,10,13-14,19,21H,2-4,7-9,11-12H2,1H3,(H,20,22);1H. The van der Waals surface area contributed by atoms with Crippen LogP contribution in [0.15, 0.2) is 23.1 Å². The molecular weight excluding hydrogens is 406 g/mol. The zero-order valence-corrected chi connectivity index (χ0v) is 17.5. The third kappa shape index (κ3) is 5.97. The predicted octanol–water partition coefficient (Wildman–Crippen LogP) is 1.05. The van der Waals surface area contributed by atoms with Crippen LogP contribution in [0, 0.1) is 5.92 Å². The molecule has 28 heavy (non-hydrogen) atoms. The number of sulfonamides is 1. The maximum atomic E-state index is 12.6. The Morgan fingerprint density at radius 2 is 2.00 bits per heavy atom. The first kappa shape index (κ1) is 22.7. The number of rotatable bonds is 6. The van der Waals surface area contributed by atoms with Crippen LogP contribution in [-0.2, 0) is 14.8 Å². The van der Waals surface area contributed by atoms with Crippen LogP contribution in [-0.4, -0.2) is 53.2 Å². The zero-order chi connectivity index (χ0) is 19.3. The highest BCUT2D eigenvalue weighted by atomic mass is 35.5. The lowest BCUT2D eigenvalue weighted by molar-refractivity contribution is -0.122. The highest BCUT2D eigenvalue weighted by molar-refractivity contribution is 7.89. The number of fused-ring (bicyclic) bond motifs is 1. The number of nitrogens with one attached hydrogen (secondary N) is 3. The van der Waals surface area contributed by atoms with Gasteiger partial charge in [-0.2, -0.15) is 4.72 Å². The molecule has 2 aliphatic rings. The zero-order valence-electron chi connectivity index (χ0n) is 15.9. The highest BCUT2D eigenvalue weighted by Gasteiger charge is 2.24. The molecule has 8 nitrogen and oxygen atoms in total. The molecule has 0 bridgehead atoms. The van der Waals surface area contributed by atoms with Crippen LogP contribution in [0.5, 0.6) is 11.5 Å². The van der Waals surface area contributed by atoms with Crippen molar-refractivity contribution < 1.29 is 22.7 Å². The van der Waals surface area contributed by atoms with Gasteiger partial charge in [-0.25, -0.2) is 8.42 Å². The third-order valence-electron chi connectivity index (χ3n) is 4.72. The summed E-state index contributed by atoms with van der Waals surface area (Å²) in [7, 11) is -3.85. The monoisotopic (exact) mass is 433 g/mol. The Labute approximate surface area is 172 Å². The van der Waals surface area contributed by atoms with E-state index in [0.717, 1.165) is 32.4 Å². The van der Waals surface area contributed by atoms with Gasteiger partial charge in [-0.15, -0.1) is 12.4 Å². The van der Waals surface area contributed by atoms with E-state index in [2.05, 4.69) is 15.4 Å². The number of hydrogen-bond acceptors (Lipinski definition) is 6. The summed E-state index contributed by atoms with van der Waals surface area (Å²) >= 11 is 0. The van der Waals surface area contributed by atoms with Crippen molar-refractivity contribution in [3.05, 3.63) is 18.2 Å². The average molecular weight is 434 g/mol. The number of amides is 1. The van der Waals surface area contributed by atoms with E-state index in [4.69, 9.17) is 9.47 Å². The molecule has 1 aromatic rings. The molecule has 1 amide bonds. The number of hydrogen-bond donors (Lipinski definition) is 3. The van der Waals surface area contributed by atoms with Crippen molar-refractivity contribution >= 4 is 28.3 Å². The topological polar surface area (TPSA) is 106 Å². The van der Waals surface area contributed by atoms with Gasteiger partial charge >= 0.3 is 0 Å². The Bertz CT molecular complexity index is 768. The van der Waals surface area contributed by atoms with Crippen LogP contribution in [0.25, 0.3) is 0 Å². The van der Waals surface area contributed by atoms with Gasteiger partial charge in [0.25, 0.3) is 0 Å². The summed E-state index contributed by atoms with van der Waals surface area (Å²) in [5, 5.41) is 6.13. The predicted molar refractivity (Wildman–Crippen MR) is 108 cm³/mol. The van der Waals surface area contributed by atoms with E-state index in [-0.39, 0.29) is 23.2 Å². The number of carbonyl (C=O) groups is 1. The second kappa shape index (κ2) is 10.3. The molecule has 2 atom stereocenters. The van der Waals surface area contributed by atoms with E-state index < -0.39 is 16.1 Å². The molecule has 3 N–H and O–H groups in total. The molecule has 1 saturated heterocycles. The molecule has 2 unspecified atom stereocenters. The molecule has 2 heterocycles. The van der Waals surface area contributed by atoms with Gasteiger partial charge in [0.15, 0.2) is 11.5 Å². The molecule has 3 rings (SSSR count). The summed E-state index contributed by atoms with van der Waals surface area (Å²) in [6, 6.07) is 3.59. The number of carbonyl (C=O) groups excluding carboxylic acids is 1. The Kier molecular flexibility index (Phi) is 8.36. The molecule has 158 valence electrons. The fourth-order valence-corrected chi connectivity index (χ4v) is 4.38. The summed E-state index contributed by atoms with van der Waals surface area (Å²) in [4.78, 5) is 12.3. The van der Waals surface area contributed by atoms with Crippen molar-refractivity contribution in [3.8, 4) is 11.5 Å². The minimum absolute atomic E-state index is 0. The lowest BCUT2D eigenvalue weighted by atomic mass is 10.00. The Morgan fingerprint density at radius 1 is 1.25 bits per heavy atom. The van der Waals surface area contributed by atoms with Crippen LogP contribution in [0.1, 0.15) is 26.2 Å². The van der Waals surface area contributed by atoms with Gasteiger partial charge in [-0.05, 0) is 50.9 Å². The van der Waals surface area contributed by atoms with Crippen LogP contribution >= 0.6 is 12.4 Å². The van der Waals surface area contributed by atoms with E-state index in [1.54, 1.807) is 6.07 Å². The van der Waals surface area contributed by atoms with Gasteiger partial charge in [0.2, 0.25) is 15.9 Å². The van der Waals surface area contributed by atoms with Crippen LogP contribution in [0.4, 0.5) is 0 Å². The largest absolute Gasteiger partial charge is 0.490 e. The van der Waals surface area contributed by atoms with Gasteiger partial charge in [0, 0.05) is 19.0 Å². The van der Waals surface area contributed by atoms with Crippen LogP contribution < -0.4 is 24.8 Å². The molecular formula is C18H28ClN3O5S. The number of ether oxygens (including phenoxy) is 2. The first-order chi connectivity index (χ1) is 13.0. The number of halogens is 1. The van der Waals surface area contributed by atoms with Gasteiger partial charge in [-0.1, -0.05) is 0 Å². The lowest BCUT2D eigenvalue weighted by Crippen LogP contribution is -2.47. The molecule has 0 saturated carbocycles. The number of piperidine rings is 1. The SMILES string of the molecule is CC(NS(=O)(=O)c1ccc2c(c1)OCCCO2)C(=O)NCC1CCCNC1.Cl. The lowest BCUT2D eigenvalue weighted by Gasteiger charge is -2.23. The van der Waals surface area contributed by atoms with Gasteiger partial charge in [0.05, 0.1) is 24.2 Å². The quantitative estimate of drug-likeness (QED) is 0.619. The minimum Gasteiger partial charge on any atom is -0.490 e. The highest BCUT2D eigenvalue weighted by Crippen LogP contribution is 2.31. The van der Waals surface area contributed by atoms with E-state index in [1.807, 2.05) is 0 Å². The average Bonchev–Trinajstić information content (AvgIpc) is 2.91. The fourth-order valence-electron chi connectivity index (χ4n) is 3.16. The second-order valence-corrected chi connectivity index (χ2v) is 8.67. The van der Waals surface area contributed by atoms with E-state index in [0.29, 0.717) is 37.2 Å². The smallest absolute Gasteiger partial charge is 0.241 e. The van der Waals surface area contributed by atoms with Crippen LogP contribution in [0.3, 0.4) is 0 Å². The Hall–Kier alpha value is -1.55.